The van der Waals surface area contributed by atoms with Crippen LogP contribution in [-0.4, -0.2) is 26.4 Å². The number of phenols is 2. The smallest absolute Gasteiger partial charge is 0.508 e. The van der Waals surface area contributed by atoms with Gasteiger partial charge in [-0.15, -0.1) is 0 Å². The Morgan fingerprint density at radius 1 is 0.356 bits per heavy atom. The van der Waals surface area contributed by atoms with Crippen molar-refractivity contribution in [2.24, 2.45) is 0 Å². The zero-order valence-electron chi connectivity index (χ0n) is 27.3. The van der Waals surface area contributed by atoms with E-state index in [2.05, 4.69) is 87.8 Å². The largest absolute Gasteiger partial charge is 2.00 e. The summed E-state index contributed by atoms with van der Waals surface area (Å²) in [5.74, 6) is 0.611. The van der Waals surface area contributed by atoms with E-state index in [1.165, 1.54) is 11.1 Å². The van der Waals surface area contributed by atoms with Crippen LogP contribution in [0.3, 0.4) is 0 Å². The summed E-state index contributed by atoms with van der Waals surface area (Å²) in [6.45, 7) is 14.2. The summed E-state index contributed by atoms with van der Waals surface area (Å²) >= 11 is 0. The molecule has 232 valence electrons. The molecule has 45 heavy (non-hydrogen) atoms. The third-order valence-electron chi connectivity index (χ3n) is 7.01. The molecule has 0 aliphatic heterocycles. The third kappa shape index (κ3) is 13.4. The standard InChI is InChI=1S/2C12H10O.2C8H13Si.Cr/c2*13-12-8-6-11(7-9-12)10-4-2-1-3-5-10;2*1-9(2,3)8-6-4-5-7-8;/h2*1-9,13H;2*4-7H,1-3H3;/q;;2*-1;+2. The van der Waals surface area contributed by atoms with E-state index in [4.69, 9.17) is 10.2 Å². The van der Waals surface area contributed by atoms with Crippen molar-refractivity contribution >= 4 is 26.5 Å². The molecule has 0 fully saturated rings. The molecular formula is C40H46CrO2Si2. The normalized spacial score (nSPS) is 10.4. The summed E-state index contributed by atoms with van der Waals surface area (Å²) in [7, 11) is -1.96. The topological polar surface area (TPSA) is 40.5 Å². The maximum Gasteiger partial charge on any atom is 2.00 e. The van der Waals surface area contributed by atoms with Gasteiger partial charge in [0, 0.05) is 16.1 Å². The van der Waals surface area contributed by atoms with Crippen molar-refractivity contribution in [3.63, 3.8) is 0 Å². The van der Waals surface area contributed by atoms with Crippen LogP contribution < -0.4 is 10.4 Å². The van der Waals surface area contributed by atoms with Gasteiger partial charge in [0.15, 0.2) is 0 Å². The summed E-state index contributed by atoms with van der Waals surface area (Å²) in [5.41, 5.74) is 4.59. The minimum absolute atomic E-state index is 0. The number of phenolic OH excluding ortho intramolecular Hbond substituents is 2. The molecule has 0 atom stereocenters. The van der Waals surface area contributed by atoms with E-state index in [1.807, 2.05) is 84.9 Å². The van der Waals surface area contributed by atoms with E-state index in [0.29, 0.717) is 11.5 Å². The predicted molar refractivity (Wildman–Crippen MR) is 197 cm³/mol. The number of aromatic hydroxyl groups is 2. The van der Waals surface area contributed by atoms with E-state index in [9.17, 15) is 0 Å². The Morgan fingerprint density at radius 3 is 0.822 bits per heavy atom. The van der Waals surface area contributed by atoms with Gasteiger partial charge in [-0.1, -0.05) is 124 Å². The molecule has 0 saturated carbocycles. The van der Waals surface area contributed by atoms with E-state index in [1.54, 1.807) is 34.6 Å². The van der Waals surface area contributed by atoms with Crippen LogP contribution in [0.5, 0.6) is 11.5 Å². The van der Waals surface area contributed by atoms with Crippen molar-refractivity contribution in [3.05, 3.63) is 158 Å². The second-order valence-corrected chi connectivity index (χ2v) is 22.8. The van der Waals surface area contributed by atoms with Crippen LogP contribution in [-0.2, 0) is 17.4 Å². The van der Waals surface area contributed by atoms with Crippen molar-refractivity contribution in [3.8, 4) is 33.8 Å². The fourth-order valence-electron chi connectivity index (χ4n) is 4.32. The maximum atomic E-state index is 9.10. The van der Waals surface area contributed by atoms with Gasteiger partial charge in [-0.2, -0.15) is 34.6 Å². The maximum absolute atomic E-state index is 9.10. The zero-order valence-corrected chi connectivity index (χ0v) is 30.6. The molecule has 0 spiro atoms. The van der Waals surface area contributed by atoms with Crippen LogP contribution in [0.25, 0.3) is 22.3 Å². The van der Waals surface area contributed by atoms with Crippen molar-refractivity contribution in [1.29, 1.82) is 0 Å². The van der Waals surface area contributed by atoms with Crippen molar-refractivity contribution in [2.75, 3.05) is 0 Å². The summed E-state index contributed by atoms with van der Waals surface area (Å²) in [6.07, 6.45) is 0. The van der Waals surface area contributed by atoms with Crippen LogP contribution in [0.1, 0.15) is 0 Å². The van der Waals surface area contributed by atoms with Crippen LogP contribution in [0.4, 0.5) is 0 Å². The van der Waals surface area contributed by atoms with E-state index < -0.39 is 16.1 Å². The van der Waals surface area contributed by atoms with E-state index >= 15 is 0 Å². The summed E-state index contributed by atoms with van der Waals surface area (Å²) in [4.78, 5) is 0. The van der Waals surface area contributed by atoms with E-state index in [-0.39, 0.29) is 17.4 Å². The van der Waals surface area contributed by atoms with Crippen molar-refractivity contribution in [1.82, 2.24) is 0 Å². The van der Waals surface area contributed by atoms with Gasteiger partial charge in [0.25, 0.3) is 0 Å². The fraction of sp³-hybridized carbons (Fsp3) is 0.150. The second-order valence-electron chi connectivity index (χ2n) is 12.7. The summed E-state index contributed by atoms with van der Waals surface area (Å²) in [5, 5.41) is 21.3. The Hall–Kier alpha value is -3.85. The van der Waals surface area contributed by atoms with Gasteiger partial charge in [-0.05, 0) is 46.5 Å². The minimum atomic E-state index is -0.981. The Labute approximate surface area is 283 Å². The molecule has 0 unspecified atom stereocenters. The zero-order chi connectivity index (χ0) is 32.0. The molecule has 0 bridgehead atoms. The predicted octanol–water partition coefficient (Wildman–Crippen LogP) is 10.0. The Kier molecular flexibility index (Phi) is 15.1. The van der Waals surface area contributed by atoms with Crippen LogP contribution in [0.15, 0.2) is 158 Å². The monoisotopic (exact) mass is 666 g/mol. The Bertz CT molecular complexity index is 1460. The SMILES string of the molecule is C[Si](C)(C)[c-]1cccc1.C[Si](C)(C)[c-]1cccc1.Oc1ccc(-c2ccccc2)cc1.Oc1ccc(-c2ccccc2)cc1.[Cr+2]. The van der Waals surface area contributed by atoms with E-state index in [0.717, 1.165) is 11.1 Å². The average Bonchev–Trinajstić information content (AvgIpc) is 3.76. The quantitative estimate of drug-likeness (QED) is 0.145. The Balaban J connectivity index is 0.000000211. The molecule has 0 aromatic heterocycles. The van der Waals surface area contributed by atoms with Gasteiger partial charge in [0.2, 0.25) is 0 Å². The first-order valence-corrected chi connectivity index (χ1v) is 22.1. The molecule has 0 radical (unpaired) electrons. The molecule has 0 aliphatic rings. The van der Waals surface area contributed by atoms with Gasteiger partial charge in [0.05, 0.1) is 0 Å². The molecular weight excluding hydrogens is 621 g/mol. The molecule has 0 saturated heterocycles. The van der Waals surface area contributed by atoms with Gasteiger partial charge < -0.3 is 10.2 Å². The molecule has 2 N–H and O–H groups in total. The number of hydrogen-bond acceptors (Lipinski definition) is 2. The Morgan fingerprint density at radius 2 is 0.600 bits per heavy atom. The van der Waals surface area contributed by atoms with Crippen molar-refractivity contribution in [2.45, 2.75) is 39.3 Å². The molecule has 0 heterocycles. The van der Waals surface area contributed by atoms with Gasteiger partial charge >= 0.3 is 17.4 Å². The molecule has 6 aromatic carbocycles. The molecule has 5 heteroatoms. The molecule has 0 amide bonds. The first-order valence-electron chi connectivity index (χ1n) is 15.1. The minimum Gasteiger partial charge on any atom is -0.508 e. The first-order chi connectivity index (χ1) is 20.9. The third-order valence-corrected chi connectivity index (χ3v) is 11.1. The molecule has 0 aliphatic carbocycles. The van der Waals surface area contributed by atoms with Crippen LogP contribution in [0, 0.1) is 0 Å². The van der Waals surface area contributed by atoms with Crippen LogP contribution >= 0.6 is 0 Å². The molecule has 6 aromatic rings. The average molecular weight is 667 g/mol. The second kappa shape index (κ2) is 18.2. The number of rotatable bonds is 4. The molecule has 6 rings (SSSR count). The number of benzene rings is 4. The van der Waals surface area contributed by atoms with Crippen molar-refractivity contribution < 1.29 is 27.6 Å². The van der Waals surface area contributed by atoms with Gasteiger partial charge in [-0.25, -0.2) is 24.3 Å². The fourth-order valence-corrected chi connectivity index (χ4v) is 6.70. The summed E-state index contributed by atoms with van der Waals surface area (Å²) in [6, 6.07) is 52.0. The van der Waals surface area contributed by atoms with Gasteiger partial charge in [-0.3, -0.25) is 0 Å². The first kappa shape index (κ1) is 37.3. The van der Waals surface area contributed by atoms with Gasteiger partial charge in [0.1, 0.15) is 11.5 Å². The molecule has 2 nitrogen and oxygen atoms in total. The van der Waals surface area contributed by atoms with Crippen LogP contribution in [0.2, 0.25) is 39.3 Å². The summed E-state index contributed by atoms with van der Waals surface area (Å²) < 4.78 is 0. The number of hydrogen-bond donors (Lipinski definition) is 2.